The highest BCUT2D eigenvalue weighted by atomic mass is 19.1. The number of amides is 1. The normalized spacial score (nSPS) is 10.8. The topological polar surface area (TPSA) is 56.1 Å². The van der Waals surface area contributed by atoms with Crippen LogP contribution in [0, 0.1) is 12.7 Å². The maximum absolute atomic E-state index is 13.1. The van der Waals surface area contributed by atoms with Gasteiger partial charge in [-0.15, -0.1) is 0 Å². The van der Waals surface area contributed by atoms with Crippen LogP contribution in [-0.4, -0.2) is 21.8 Å². The minimum Gasteiger partial charge on any atom is -0.491 e. The van der Waals surface area contributed by atoms with Crippen LogP contribution in [0.4, 0.5) is 10.1 Å². The number of hydrogen-bond acceptors (Lipinski definition) is 3. The summed E-state index contributed by atoms with van der Waals surface area (Å²) >= 11 is 0. The molecular formula is C20H20FN3O2. The molecule has 0 radical (unpaired) electrons. The SMILES string of the molecule is Cc1c(C(=O)Nc2ccc(OC(C)C)cc2)cnn1-c1ccc(F)cc1. The molecule has 5 nitrogen and oxygen atoms in total. The first-order valence-electron chi connectivity index (χ1n) is 8.32. The van der Waals surface area contributed by atoms with Gasteiger partial charge in [0.25, 0.3) is 5.91 Å². The van der Waals surface area contributed by atoms with E-state index in [0.717, 1.165) is 5.75 Å². The molecule has 0 aliphatic rings. The molecule has 26 heavy (non-hydrogen) atoms. The number of ether oxygens (including phenoxy) is 1. The predicted molar refractivity (Wildman–Crippen MR) is 98.4 cm³/mol. The summed E-state index contributed by atoms with van der Waals surface area (Å²) in [4.78, 5) is 12.5. The van der Waals surface area contributed by atoms with E-state index in [2.05, 4.69) is 10.4 Å². The number of carbonyl (C=O) groups is 1. The molecule has 1 amide bonds. The second-order valence-corrected chi connectivity index (χ2v) is 6.18. The molecule has 3 rings (SSSR count). The van der Waals surface area contributed by atoms with E-state index < -0.39 is 0 Å². The lowest BCUT2D eigenvalue weighted by atomic mass is 10.2. The van der Waals surface area contributed by atoms with Crippen LogP contribution in [0.15, 0.2) is 54.7 Å². The molecule has 0 aliphatic heterocycles. The summed E-state index contributed by atoms with van der Waals surface area (Å²) < 4.78 is 20.3. The molecule has 1 aromatic heterocycles. The van der Waals surface area contributed by atoms with Gasteiger partial charge in [-0.1, -0.05) is 0 Å². The van der Waals surface area contributed by atoms with E-state index >= 15 is 0 Å². The molecule has 2 aromatic carbocycles. The van der Waals surface area contributed by atoms with Crippen LogP contribution in [0.25, 0.3) is 5.69 Å². The minimum atomic E-state index is -0.318. The van der Waals surface area contributed by atoms with Crippen molar-refractivity contribution in [2.75, 3.05) is 5.32 Å². The lowest BCUT2D eigenvalue weighted by Gasteiger charge is -2.10. The Morgan fingerprint density at radius 3 is 2.38 bits per heavy atom. The molecule has 3 aromatic rings. The highest BCUT2D eigenvalue weighted by Gasteiger charge is 2.15. The third-order valence-electron chi connectivity index (χ3n) is 3.81. The van der Waals surface area contributed by atoms with Crippen molar-refractivity contribution in [3.63, 3.8) is 0 Å². The zero-order valence-electron chi connectivity index (χ0n) is 14.9. The van der Waals surface area contributed by atoms with Crippen LogP contribution >= 0.6 is 0 Å². The van der Waals surface area contributed by atoms with Crippen LogP contribution < -0.4 is 10.1 Å². The number of anilines is 1. The Balaban J connectivity index is 1.75. The zero-order chi connectivity index (χ0) is 18.7. The monoisotopic (exact) mass is 353 g/mol. The first-order valence-corrected chi connectivity index (χ1v) is 8.32. The fourth-order valence-electron chi connectivity index (χ4n) is 2.56. The number of carbonyl (C=O) groups excluding carboxylic acids is 1. The van der Waals surface area contributed by atoms with Gasteiger partial charge >= 0.3 is 0 Å². The van der Waals surface area contributed by atoms with E-state index in [1.165, 1.54) is 18.3 Å². The van der Waals surface area contributed by atoms with E-state index in [-0.39, 0.29) is 17.8 Å². The Hall–Kier alpha value is -3.15. The summed E-state index contributed by atoms with van der Waals surface area (Å²) in [6.45, 7) is 5.71. The maximum atomic E-state index is 13.1. The second-order valence-electron chi connectivity index (χ2n) is 6.18. The summed E-state index contributed by atoms with van der Waals surface area (Å²) in [6.07, 6.45) is 1.60. The second kappa shape index (κ2) is 7.39. The van der Waals surface area contributed by atoms with Gasteiger partial charge in [0.1, 0.15) is 11.6 Å². The van der Waals surface area contributed by atoms with Gasteiger partial charge in [0.15, 0.2) is 0 Å². The molecule has 0 atom stereocenters. The number of nitrogens with zero attached hydrogens (tertiary/aromatic N) is 2. The van der Waals surface area contributed by atoms with Gasteiger partial charge < -0.3 is 10.1 Å². The Kier molecular flexibility index (Phi) is 5.02. The van der Waals surface area contributed by atoms with E-state index in [0.29, 0.717) is 22.6 Å². The van der Waals surface area contributed by atoms with Crippen LogP contribution in [-0.2, 0) is 0 Å². The van der Waals surface area contributed by atoms with Crippen molar-refractivity contribution in [3.8, 4) is 11.4 Å². The average Bonchev–Trinajstić information content (AvgIpc) is 2.98. The van der Waals surface area contributed by atoms with Gasteiger partial charge in [-0.05, 0) is 69.3 Å². The minimum absolute atomic E-state index is 0.0930. The quantitative estimate of drug-likeness (QED) is 0.741. The van der Waals surface area contributed by atoms with Crippen molar-refractivity contribution in [2.45, 2.75) is 26.9 Å². The predicted octanol–water partition coefficient (Wildman–Crippen LogP) is 4.36. The Morgan fingerprint density at radius 2 is 1.77 bits per heavy atom. The summed E-state index contributed by atoms with van der Waals surface area (Å²) in [6, 6.07) is 13.1. The molecule has 0 spiro atoms. The first-order chi connectivity index (χ1) is 12.4. The Morgan fingerprint density at radius 1 is 1.12 bits per heavy atom. The number of halogens is 1. The van der Waals surface area contributed by atoms with Gasteiger partial charge in [-0.25, -0.2) is 9.07 Å². The van der Waals surface area contributed by atoms with E-state index in [1.807, 2.05) is 26.0 Å². The summed E-state index contributed by atoms with van der Waals surface area (Å²) in [5.74, 6) is 0.174. The zero-order valence-corrected chi connectivity index (χ0v) is 14.9. The molecule has 6 heteroatoms. The van der Waals surface area contributed by atoms with Crippen molar-refractivity contribution in [3.05, 3.63) is 71.8 Å². The number of benzene rings is 2. The van der Waals surface area contributed by atoms with Gasteiger partial charge in [0.05, 0.1) is 29.2 Å². The van der Waals surface area contributed by atoms with E-state index in [1.54, 1.807) is 35.9 Å². The molecule has 0 saturated heterocycles. The van der Waals surface area contributed by atoms with Crippen LogP contribution in [0.1, 0.15) is 29.9 Å². The molecule has 0 unspecified atom stereocenters. The number of hydrogen-bond donors (Lipinski definition) is 1. The molecule has 1 N–H and O–H groups in total. The largest absolute Gasteiger partial charge is 0.491 e. The third kappa shape index (κ3) is 3.91. The van der Waals surface area contributed by atoms with Crippen LogP contribution in [0.5, 0.6) is 5.75 Å². The molecule has 0 bridgehead atoms. The van der Waals surface area contributed by atoms with Crippen LogP contribution in [0.2, 0.25) is 0 Å². The van der Waals surface area contributed by atoms with Crippen molar-refractivity contribution >= 4 is 11.6 Å². The molecule has 1 heterocycles. The molecule has 134 valence electrons. The third-order valence-corrected chi connectivity index (χ3v) is 3.81. The molecular weight excluding hydrogens is 333 g/mol. The van der Waals surface area contributed by atoms with Crippen LogP contribution in [0.3, 0.4) is 0 Å². The highest BCUT2D eigenvalue weighted by molar-refractivity contribution is 6.05. The summed E-state index contributed by atoms with van der Waals surface area (Å²) in [5, 5.41) is 7.08. The standard InChI is InChI=1S/C20H20FN3O2/c1-13(2)26-18-10-6-16(7-11-18)23-20(25)19-12-22-24(14(19)3)17-8-4-15(21)5-9-17/h4-13H,1-3H3,(H,23,25). The van der Waals surface area contributed by atoms with Gasteiger partial charge in [-0.2, -0.15) is 5.10 Å². The highest BCUT2D eigenvalue weighted by Crippen LogP contribution is 2.19. The summed E-state index contributed by atoms with van der Waals surface area (Å²) in [5.41, 5.74) is 2.49. The van der Waals surface area contributed by atoms with Crippen molar-refractivity contribution in [1.82, 2.24) is 9.78 Å². The first kappa shape index (κ1) is 17.7. The number of nitrogens with one attached hydrogen (secondary N) is 1. The van der Waals surface area contributed by atoms with Crippen molar-refractivity contribution in [1.29, 1.82) is 0 Å². The van der Waals surface area contributed by atoms with Gasteiger partial charge in [0.2, 0.25) is 0 Å². The van der Waals surface area contributed by atoms with E-state index in [9.17, 15) is 9.18 Å². The number of aromatic nitrogens is 2. The summed E-state index contributed by atoms with van der Waals surface area (Å²) in [7, 11) is 0. The fraction of sp³-hybridized carbons (Fsp3) is 0.200. The lowest BCUT2D eigenvalue weighted by molar-refractivity contribution is 0.102. The molecule has 0 aliphatic carbocycles. The molecule has 0 fully saturated rings. The average molecular weight is 353 g/mol. The van der Waals surface area contributed by atoms with Gasteiger partial charge in [0, 0.05) is 5.69 Å². The Labute approximate surface area is 151 Å². The fourth-order valence-corrected chi connectivity index (χ4v) is 2.56. The smallest absolute Gasteiger partial charge is 0.259 e. The van der Waals surface area contributed by atoms with E-state index in [4.69, 9.17) is 4.74 Å². The Bertz CT molecular complexity index is 900. The van der Waals surface area contributed by atoms with Crippen molar-refractivity contribution < 1.29 is 13.9 Å². The van der Waals surface area contributed by atoms with Gasteiger partial charge in [-0.3, -0.25) is 4.79 Å². The molecule has 0 saturated carbocycles. The number of rotatable bonds is 5. The maximum Gasteiger partial charge on any atom is 0.259 e. The lowest BCUT2D eigenvalue weighted by Crippen LogP contribution is -2.13. The van der Waals surface area contributed by atoms with Crippen molar-refractivity contribution in [2.24, 2.45) is 0 Å².